The van der Waals surface area contributed by atoms with Gasteiger partial charge in [-0.3, -0.25) is 18.7 Å². The minimum Gasteiger partial charge on any atom is -0.373 e. The van der Waals surface area contributed by atoms with Gasteiger partial charge in [0.1, 0.15) is 0 Å². The maximum atomic E-state index is 13.8. The second kappa shape index (κ2) is 9.89. The number of para-hydroxylation sites is 2. The third-order valence-corrected chi connectivity index (χ3v) is 8.30. The first-order chi connectivity index (χ1) is 16.7. The van der Waals surface area contributed by atoms with E-state index in [4.69, 9.17) is 0 Å². The lowest BCUT2D eigenvalue weighted by atomic mass is 9.84. The molecule has 0 bridgehead atoms. The highest BCUT2D eigenvalue weighted by Crippen LogP contribution is 2.37. The molecule has 1 N–H and O–H groups in total. The molecular formula is C26H34N4O4S. The predicted octanol–water partition coefficient (Wildman–Crippen LogP) is 3.33. The van der Waals surface area contributed by atoms with Crippen LogP contribution < -0.4 is 10.4 Å². The largest absolute Gasteiger partial charge is 0.373 e. The number of rotatable bonds is 9. The number of hydrogen-bond acceptors (Lipinski definition) is 5. The monoisotopic (exact) mass is 498 g/mol. The van der Waals surface area contributed by atoms with E-state index in [-0.39, 0.29) is 29.8 Å². The van der Waals surface area contributed by atoms with Crippen LogP contribution in [0, 0.1) is 5.92 Å². The average molecular weight is 499 g/mol. The van der Waals surface area contributed by atoms with Crippen molar-refractivity contribution in [1.82, 2.24) is 18.8 Å². The zero-order valence-electron chi connectivity index (χ0n) is 20.8. The zero-order valence-corrected chi connectivity index (χ0v) is 21.6. The Bertz CT molecular complexity index is 1380. The lowest BCUT2D eigenvalue weighted by Gasteiger charge is -2.28. The second-order valence-electron chi connectivity index (χ2n) is 9.44. The van der Waals surface area contributed by atoms with Crippen LogP contribution >= 0.6 is 0 Å². The fourth-order valence-corrected chi connectivity index (χ4v) is 5.91. The highest BCUT2D eigenvalue weighted by molar-refractivity contribution is 7.90. The highest BCUT2D eigenvalue weighted by Gasteiger charge is 2.35. The number of fused-ring (bicyclic) bond motifs is 2. The predicted molar refractivity (Wildman–Crippen MR) is 138 cm³/mol. The summed E-state index contributed by atoms with van der Waals surface area (Å²) in [5.74, 6) is -0.548. The van der Waals surface area contributed by atoms with Crippen LogP contribution in [-0.2, 0) is 21.4 Å². The average Bonchev–Trinajstić information content (AvgIpc) is 3.28. The first kappa shape index (κ1) is 25.0. The number of imidazole rings is 1. The number of nitrogens with zero attached hydrogens (tertiary/aromatic N) is 3. The van der Waals surface area contributed by atoms with E-state index >= 15 is 0 Å². The summed E-state index contributed by atoms with van der Waals surface area (Å²) in [6.45, 7) is 6.05. The minimum atomic E-state index is -3.66. The zero-order chi connectivity index (χ0) is 25.3. The van der Waals surface area contributed by atoms with Crippen LogP contribution in [-0.4, -0.2) is 47.2 Å². The van der Waals surface area contributed by atoms with Crippen molar-refractivity contribution in [1.29, 1.82) is 0 Å². The molecule has 0 fully saturated rings. The Labute approximate surface area is 206 Å². The first-order valence-corrected chi connectivity index (χ1v) is 13.8. The molecule has 0 spiro atoms. The molecule has 9 heteroatoms. The summed E-state index contributed by atoms with van der Waals surface area (Å²) in [7, 11) is -1.61. The number of amides is 1. The van der Waals surface area contributed by atoms with Crippen molar-refractivity contribution < 1.29 is 13.2 Å². The van der Waals surface area contributed by atoms with Gasteiger partial charge in [0.05, 0.1) is 29.4 Å². The SMILES string of the molecule is CCC[C@@H](CC(=O)NS(=O)(=O)CC)n1c(=O)n(CC2=CN(C)C3C=CC=C(C)C23)c2ccccc21. The molecule has 0 saturated heterocycles. The number of carbonyl (C=O) groups excluding carboxylic acids is 1. The van der Waals surface area contributed by atoms with Gasteiger partial charge in [-0.25, -0.2) is 13.2 Å². The maximum Gasteiger partial charge on any atom is 0.329 e. The smallest absolute Gasteiger partial charge is 0.329 e. The molecule has 2 unspecified atom stereocenters. The van der Waals surface area contributed by atoms with E-state index in [0.29, 0.717) is 13.0 Å². The van der Waals surface area contributed by atoms with E-state index in [1.807, 2.05) is 31.2 Å². The summed E-state index contributed by atoms with van der Waals surface area (Å²) in [5, 5.41) is 0. The van der Waals surface area contributed by atoms with Crippen molar-refractivity contribution in [2.45, 2.75) is 58.7 Å². The number of nitrogens with one attached hydrogen (secondary N) is 1. The van der Waals surface area contributed by atoms with Crippen LogP contribution in [0.25, 0.3) is 11.0 Å². The van der Waals surface area contributed by atoms with E-state index in [9.17, 15) is 18.0 Å². The maximum absolute atomic E-state index is 13.8. The van der Waals surface area contributed by atoms with Crippen LogP contribution in [0.3, 0.4) is 0 Å². The van der Waals surface area contributed by atoms with Gasteiger partial charge in [-0.15, -0.1) is 0 Å². The number of allylic oxidation sites excluding steroid dienone is 2. The second-order valence-corrected chi connectivity index (χ2v) is 11.4. The fourth-order valence-electron chi connectivity index (χ4n) is 5.33. The quantitative estimate of drug-likeness (QED) is 0.572. The van der Waals surface area contributed by atoms with E-state index < -0.39 is 22.0 Å². The van der Waals surface area contributed by atoms with Crippen LogP contribution in [0.5, 0.6) is 0 Å². The Morgan fingerprint density at radius 1 is 1.17 bits per heavy atom. The Kier molecular flexibility index (Phi) is 7.07. The first-order valence-electron chi connectivity index (χ1n) is 12.2. The normalized spacial score (nSPS) is 20.5. The molecule has 1 amide bonds. The number of aromatic nitrogens is 2. The summed E-state index contributed by atoms with van der Waals surface area (Å²) >= 11 is 0. The molecule has 1 aliphatic heterocycles. The van der Waals surface area contributed by atoms with Gasteiger partial charge in [-0.05, 0) is 38.0 Å². The molecule has 3 atom stereocenters. The number of benzene rings is 1. The summed E-state index contributed by atoms with van der Waals surface area (Å²) in [4.78, 5) is 28.6. The van der Waals surface area contributed by atoms with Gasteiger partial charge in [-0.1, -0.05) is 49.3 Å². The molecular weight excluding hydrogens is 464 g/mol. The third-order valence-electron chi connectivity index (χ3n) is 7.01. The molecule has 2 aromatic rings. The van der Waals surface area contributed by atoms with Crippen molar-refractivity contribution in [3.63, 3.8) is 0 Å². The van der Waals surface area contributed by atoms with Crippen molar-refractivity contribution in [3.8, 4) is 0 Å². The van der Waals surface area contributed by atoms with Crippen LogP contribution in [0.4, 0.5) is 0 Å². The molecule has 188 valence electrons. The molecule has 1 aromatic carbocycles. The van der Waals surface area contributed by atoms with Gasteiger partial charge < -0.3 is 4.90 Å². The molecule has 1 aliphatic carbocycles. The van der Waals surface area contributed by atoms with Crippen molar-refractivity contribution in [2.75, 3.05) is 12.8 Å². The van der Waals surface area contributed by atoms with E-state index in [2.05, 4.69) is 48.0 Å². The van der Waals surface area contributed by atoms with Crippen LogP contribution in [0.1, 0.15) is 46.1 Å². The highest BCUT2D eigenvalue weighted by atomic mass is 32.2. The van der Waals surface area contributed by atoms with Crippen LogP contribution in [0.15, 0.2) is 64.6 Å². The fraction of sp³-hybridized carbons (Fsp3) is 0.462. The van der Waals surface area contributed by atoms with E-state index in [1.54, 1.807) is 9.13 Å². The van der Waals surface area contributed by atoms with Gasteiger partial charge >= 0.3 is 5.69 Å². The molecule has 2 heterocycles. The van der Waals surface area contributed by atoms with Gasteiger partial charge in [0.25, 0.3) is 0 Å². The molecule has 1 aromatic heterocycles. The number of likely N-dealkylation sites (N-methyl/N-ethyl adjacent to an activating group) is 1. The molecule has 4 rings (SSSR count). The lowest BCUT2D eigenvalue weighted by molar-refractivity contribution is -0.120. The molecule has 2 aliphatic rings. The van der Waals surface area contributed by atoms with Crippen LogP contribution in [0.2, 0.25) is 0 Å². The number of hydrogen-bond donors (Lipinski definition) is 1. The molecule has 0 radical (unpaired) electrons. The van der Waals surface area contributed by atoms with Crippen molar-refractivity contribution in [2.24, 2.45) is 5.92 Å². The molecule has 0 saturated carbocycles. The van der Waals surface area contributed by atoms with E-state index in [1.165, 1.54) is 18.1 Å². The lowest BCUT2D eigenvalue weighted by Crippen LogP contribution is -2.35. The standard InChI is InChI=1S/C26H34N4O4S/c1-5-10-20(15-24(31)27-35(33,34)6-2)30-22-13-8-7-12-21(22)29(26(30)32)17-19-16-28(4)23-14-9-11-18(3)25(19)23/h7-9,11-14,16,20,23,25H,5-6,10,15,17H2,1-4H3,(H,27,31)/t20-,23?,25?/m0/s1. The topological polar surface area (TPSA) is 93.4 Å². The number of sulfonamides is 1. The van der Waals surface area contributed by atoms with Gasteiger partial charge in [-0.2, -0.15) is 0 Å². The van der Waals surface area contributed by atoms with Gasteiger partial charge in [0.2, 0.25) is 15.9 Å². The van der Waals surface area contributed by atoms with Crippen molar-refractivity contribution >= 4 is 27.0 Å². The Morgan fingerprint density at radius 2 is 1.89 bits per heavy atom. The Hall–Kier alpha value is -3.07. The van der Waals surface area contributed by atoms with Gasteiger partial charge in [0, 0.05) is 31.6 Å². The molecule has 8 nitrogen and oxygen atoms in total. The summed E-state index contributed by atoms with van der Waals surface area (Å²) < 4.78 is 29.4. The third kappa shape index (κ3) is 4.87. The Balaban J connectivity index is 1.73. The number of carbonyl (C=O) groups is 1. The summed E-state index contributed by atoms with van der Waals surface area (Å²) in [5.41, 5.74) is 3.80. The van der Waals surface area contributed by atoms with Gasteiger partial charge in [0.15, 0.2) is 0 Å². The summed E-state index contributed by atoms with van der Waals surface area (Å²) in [6, 6.07) is 7.41. The summed E-state index contributed by atoms with van der Waals surface area (Å²) in [6.07, 6.45) is 9.78. The Morgan fingerprint density at radius 3 is 2.57 bits per heavy atom. The molecule has 35 heavy (non-hydrogen) atoms. The van der Waals surface area contributed by atoms with Crippen molar-refractivity contribution in [3.05, 3.63) is 70.3 Å². The minimum absolute atomic E-state index is 0.0796. The van der Waals surface area contributed by atoms with E-state index in [0.717, 1.165) is 17.5 Å².